The third kappa shape index (κ3) is 3.79. The van der Waals surface area contributed by atoms with Gasteiger partial charge in [0, 0.05) is 29.4 Å². The Labute approximate surface area is 195 Å². The number of alkyl halides is 2. The number of hydrogen-bond donors (Lipinski definition) is 1. The lowest BCUT2D eigenvalue weighted by Gasteiger charge is -2.44. The molecule has 0 unspecified atom stereocenters. The third-order valence-electron chi connectivity index (χ3n) is 6.76. The van der Waals surface area contributed by atoms with E-state index >= 15 is 13.2 Å². The molecule has 9 heteroatoms. The first-order chi connectivity index (χ1) is 15.4. The summed E-state index contributed by atoms with van der Waals surface area (Å²) in [5, 5.41) is 11.6. The van der Waals surface area contributed by atoms with Gasteiger partial charge in [0.1, 0.15) is 33.8 Å². The number of aromatic nitrogens is 1. The zero-order valence-corrected chi connectivity index (χ0v) is 19.3. The summed E-state index contributed by atoms with van der Waals surface area (Å²) in [5.41, 5.74) is -2.37. The van der Waals surface area contributed by atoms with Gasteiger partial charge in [-0.25, -0.2) is 17.6 Å². The first kappa shape index (κ1) is 23.6. The maximum absolute atomic E-state index is 15.7. The van der Waals surface area contributed by atoms with Crippen molar-refractivity contribution in [3.8, 4) is 6.07 Å². The molecule has 2 aromatic rings. The minimum Gasteiger partial charge on any atom is -0.363 e. The molecule has 0 spiro atoms. The molecule has 1 aliphatic heterocycles. The van der Waals surface area contributed by atoms with Crippen LogP contribution in [-0.4, -0.2) is 28.1 Å². The molecular weight excluding hydrogens is 454 g/mol. The molecule has 2 atom stereocenters. The monoisotopic (exact) mass is 477 g/mol. The third-order valence-corrected chi connectivity index (χ3v) is 6.98. The van der Waals surface area contributed by atoms with Crippen LogP contribution in [0.1, 0.15) is 61.1 Å². The molecule has 33 heavy (non-hydrogen) atoms. The van der Waals surface area contributed by atoms with Gasteiger partial charge in [-0.2, -0.15) is 5.26 Å². The second kappa shape index (κ2) is 8.03. The van der Waals surface area contributed by atoms with E-state index in [1.54, 1.807) is 6.07 Å². The Morgan fingerprint density at radius 1 is 1.21 bits per heavy atom. The number of pyridine rings is 1. The number of nitrogens with zero attached hydrogens (tertiary/aromatic N) is 2. The zero-order chi connectivity index (χ0) is 24.2. The lowest BCUT2D eigenvalue weighted by atomic mass is 9.77. The zero-order valence-electron chi connectivity index (χ0n) is 18.4. The molecule has 2 heterocycles. The largest absolute Gasteiger partial charge is 0.363 e. The lowest BCUT2D eigenvalue weighted by Crippen LogP contribution is -2.62. The highest BCUT2D eigenvalue weighted by Crippen LogP contribution is 2.48. The number of halogens is 4. The summed E-state index contributed by atoms with van der Waals surface area (Å²) in [6.45, 7) is 3.36. The van der Waals surface area contributed by atoms with Crippen LogP contribution in [-0.2, 0) is 23.1 Å². The highest BCUT2D eigenvalue weighted by atomic mass is 32.1. The number of ether oxygens (including phenoxy) is 1. The number of rotatable bonds is 3. The van der Waals surface area contributed by atoms with E-state index < -0.39 is 28.7 Å². The molecule has 0 amide bonds. The topological polar surface area (TPSA) is 57.9 Å². The molecule has 1 aromatic carbocycles. The number of nitrogens with one attached hydrogen (secondary N) is 1. The molecule has 174 valence electrons. The van der Waals surface area contributed by atoms with E-state index in [-0.39, 0.29) is 35.1 Å². The predicted molar refractivity (Wildman–Crippen MR) is 118 cm³/mol. The Hall–Kier alpha value is -2.57. The molecule has 0 bridgehead atoms. The van der Waals surface area contributed by atoms with Gasteiger partial charge in [0.05, 0.1) is 12.2 Å². The van der Waals surface area contributed by atoms with Gasteiger partial charge in [-0.15, -0.1) is 0 Å². The quantitative estimate of drug-likeness (QED) is 0.494. The minimum atomic E-state index is -3.59. The SMILES string of the molecule is CC1(C)OCC(=S)N[C@](C)(c2cc(C[C@@H]3CCc4cc(C#N)cnc43)c(F)cc2F)C1(F)F. The van der Waals surface area contributed by atoms with Crippen LogP contribution < -0.4 is 5.32 Å². The highest BCUT2D eigenvalue weighted by Gasteiger charge is 2.64. The summed E-state index contributed by atoms with van der Waals surface area (Å²) in [6.07, 6.45) is 2.97. The van der Waals surface area contributed by atoms with Crippen LogP contribution in [0.2, 0.25) is 0 Å². The summed E-state index contributed by atoms with van der Waals surface area (Å²) in [4.78, 5) is 4.37. The Balaban J connectivity index is 1.76. The fraction of sp³-hybridized carbons (Fsp3) is 0.458. The lowest BCUT2D eigenvalue weighted by molar-refractivity contribution is -0.216. The van der Waals surface area contributed by atoms with Crippen molar-refractivity contribution in [3.05, 3.63) is 64.0 Å². The van der Waals surface area contributed by atoms with E-state index in [9.17, 15) is 4.39 Å². The fourth-order valence-corrected chi connectivity index (χ4v) is 5.05. The maximum atomic E-state index is 15.7. The van der Waals surface area contributed by atoms with Crippen LogP contribution in [0, 0.1) is 23.0 Å². The summed E-state index contributed by atoms with van der Waals surface area (Å²) >= 11 is 5.13. The molecule has 0 radical (unpaired) electrons. The molecule has 0 saturated carbocycles. The van der Waals surface area contributed by atoms with Crippen LogP contribution in [0.4, 0.5) is 17.6 Å². The van der Waals surface area contributed by atoms with Gasteiger partial charge < -0.3 is 10.1 Å². The van der Waals surface area contributed by atoms with Crippen LogP contribution in [0.5, 0.6) is 0 Å². The Bertz CT molecular complexity index is 1180. The molecule has 4 rings (SSSR count). The van der Waals surface area contributed by atoms with Gasteiger partial charge in [0.25, 0.3) is 0 Å². The average molecular weight is 478 g/mol. The molecule has 1 aliphatic carbocycles. The summed E-state index contributed by atoms with van der Waals surface area (Å²) in [6, 6.07) is 5.62. The summed E-state index contributed by atoms with van der Waals surface area (Å²) < 4.78 is 66.5. The van der Waals surface area contributed by atoms with Crippen molar-refractivity contribution in [2.45, 2.75) is 63.0 Å². The van der Waals surface area contributed by atoms with Crippen molar-refractivity contribution in [3.63, 3.8) is 0 Å². The Morgan fingerprint density at radius 2 is 1.94 bits per heavy atom. The maximum Gasteiger partial charge on any atom is 0.302 e. The van der Waals surface area contributed by atoms with E-state index in [4.69, 9.17) is 22.2 Å². The van der Waals surface area contributed by atoms with E-state index in [1.807, 2.05) is 6.07 Å². The molecule has 2 aliphatic rings. The Kier molecular flexibility index (Phi) is 5.74. The van der Waals surface area contributed by atoms with Gasteiger partial charge in [0.2, 0.25) is 0 Å². The molecule has 1 fully saturated rings. The van der Waals surface area contributed by atoms with Gasteiger partial charge in [-0.05, 0) is 63.3 Å². The van der Waals surface area contributed by atoms with Gasteiger partial charge >= 0.3 is 5.92 Å². The van der Waals surface area contributed by atoms with Gasteiger partial charge in [-0.1, -0.05) is 12.2 Å². The van der Waals surface area contributed by atoms with Crippen molar-refractivity contribution < 1.29 is 22.3 Å². The normalized spacial score (nSPS) is 25.6. The number of fused-ring (bicyclic) bond motifs is 1. The first-order valence-corrected chi connectivity index (χ1v) is 11.0. The molecular formula is C24H23F4N3OS. The van der Waals surface area contributed by atoms with Crippen LogP contribution in [0.25, 0.3) is 0 Å². The summed E-state index contributed by atoms with van der Waals surface area (Å²) in [7, 11) is 0. The molecule has 1 aromatic heterocycles. The number of thiocarbonyl (C=S) groups is 1. The van der Waals surface area contributed by atoms with E-state index in [1.165, 1.54) is 20.0 Å². The molecule has 1 N–H and O–H groups in total. The number of nitriles is 1. The Morgan fingerprint density at radius 3 is 2.64 bits per heavy atom. The van der Waals surface area contributed by atoms with Crippen LogP contribution >= 0.6 is 12.2 Å². The number of benzene rings is 1. The van der Waals surface area contributed by atoms with Crippen LogP contribution in [0.15, 0.2) is 24.4 Å². The second-order valence-electron chi connectivity index (χ2n) is 9.29. The van der Waals surface area contributed by atoms with Crippen LogP contribution in [0.3, 0.4) is 0 Å². The minimum absolute atomic E-state index is 0.00948. The standard InChI is InChI=1S/C24H23F4N3OS/c1-22(2)24(27,28)23(3,31-20(33)12-32-22)17-8-16(18(25)9-19(17)26)7-15-5-4-14-6-13(10-29)11-30-21(14)15/h6,8-9,11,15H,4-5,7,12H2,1-3H3,(H,31,33)/t15-,23+/m0/s1. The number of aryl methyl sites for hydroxylation is 1. The molecule has 4 nitrogen and oxygen atoms in total. The van der Waals surface area contributed by atoms with Gasteiger partial charge in [-0.3, -0.25) is 4.98 Å². The molecule has 1 saturated heterocycles. The van der Waals surface area contributed by atoms with Crippen molar-refractivity contribution in [2.75, 3.05) is 6.61 Å². The average Bonchev–Trinajstić information content (AvgIpc) is 3.13. The smallest absolute Gasteiger partial charge is 0.302 e. The number of hydrogen-bond acceptors (Lipinski definition) is 4. The van der Waals surface area contributed by atoms with Crippen molar-refractivity contribution in [1.82, 2.24) is 10.3 Å². The van der Waals surface area contributed by atoms with Crippen molar-refractivity contribution in [1.29, 1.82) is 5.26 Å². The van der Waals surface area contributed by atoms with Crippen molar-refractivity contribution in [2.24, 2.45) is 0 Å². The van der Waals surface area contributed by atoms with Gasteiger partial charge in [0.15, 0.2) is 0 Å². The highest BCUT2D eigenvalue weighted by molar-refractivity contribution is 7.80. The first-order valence-electron chi connectivity index (χ1n) is 10.6. The fourth-order valence-electron chi connectivity index (χ4n) is 4.78. The van der Waals surface area contributed by atoms with E-state index in [0.717, 1.165) is 24.2 Å². The summed E-state index contributed by atoms with van der Waals surface area (Å²) in [5.74, 6) is -5.66. The van der Waals surface area contributed by atoms with Crippen molar-refractivity contribution >= 4 is 17.2 Å². The van der Waals surface area contributed by atoms with E-state index in [2.05, 4.69) is 10.3 Å². The second-order valence-corrected chi connectivity index (χ2v) is 9.78. The van der Waals surface area contributed by atoms with E-state index in [0.29, 0.717) is 24.5 Å². The predicted octanol–water partition coefficient (Wildman–Crippen LogP) is 5.08.